The molecule has 0 saturated carbocycles. The van der Waals surface area contributed by atoms with Gasteiger partial charge in [-0.15, -0.1) is 0 Å². The van der Waals surface area contributed by atoms with Crippen molar-refractivity contribution in [2.75, 3.05) is 19.8 Å². The quantitative estimate of drug-likeness (QED) is 0.487. The van der Waals surface area contributed by atoms with Crippen molar-refractivity contribution in [1.29, 1.82) is 0 Å². The minimum Gasteiger partial charge on any atom is -0.490 e. The molecule has 6 nitrogen and oxygen atoms in total. The third-order valence-corrected chi connectivity index (χ3v) is 4.69. The number of fused-ring (bicyclic) bond motifs is 1. The van der Waals surface area contributed by atoms with Gasteiger partial charge in [-0.3, -0.25) is 4.79 Å². The van der Waals surface area contributed by atoms with Crippen molar-refractivity contribution in [1.82, 2.24) is 14.9 Å². The SMILES string of the molecule is CCCOc1c(Cl)cc(C(=O)NCCCn2cnc3ccccc32)cc1OCC. The zero-order valence-corrected chi connectivity index (χ0v) is 17.5. The molecule has 3 aromatic rings. The number of carbonyl (C=O) groups excluding carboxylic acids is 1. The Morgan fingerprint density at radius 3 is 2.83 bits per heavy atom. The number of aromatic nitrogens is 2. The summed E-state index contributed by atoms with van der Waals surface area (Å²) in [5.41, 5.74) is 2.52. The van der Waals surface area contributed by atoms with Gasteiger partial charge in [0.15, 0.2) is 11.5 Å². The lowest BCUT2D eigenvalue weighted by Gasteiger charge is -2.15. The van der Waals surface area contributed by atoms with E-state index in [9.17, 15) is 4.79 Å². The van der Waals surface area contributed by atoms with E-state index in [-0.39, 0.29) is 5.91 Å². The predicted molar refractivity (Wildman–Crippen MR) is 115 cm³/mol. The van der Waals surface area contributed by atoms with Gasteiger partial charge in [0.25, 0.3) is 5.91 Å². The average Bonchev–Trinajstić information content (AvgIpc) is 3.13. The highest BCUT2D eigenvalue weighted by Crippen LogP contribution is 2.36. The third-order valence-electron chi connectivity index (χ3n) is 4.41. The number of amides is 1. The molecule has 1 aromatic heterocycles. The normalized spacial score (nSPS) is 10.9. The van der Waals surface area contributed by atoms with Gasteiger partial charge in [0.05, 0.1) is 35.6 Å². The van der Waals surface area contributed by atoms with E-state index >= 15 is 0 Å². The molecular weight excluding hydrogens is 390 g/mol. The lowest BCUT2D eigenvalue weighted by molar-refractivity contribution is 0.0952. The van der Waals surface area contributed by atoms with Crippen LogP contribution in [0.25, 0.3) is 11.0 Å². The Labute approximate surface area is 175 Å². The van der Waals surface area contributed by atoms with Crippen molar-refractivity contribution >= 4 is 28.5 Å². The summed E-state index contributed by atoms with van der Waals surface area (Å²) < 4.78 is 13.4. The van der Waals surface area contributed by atoms with Crippen LogP contribution in [0.15, 0.2) is 42.7 Å². The standard InChI is InChI=1S/C22H26ClN3O3/c1-3-12-29-21-17(23)13-16(14-20(21)28-4-2)22(27)24-10-7-11-26-15-25-18-8-5-6-9-19(18)26/h5-6,8-9,13-15H,3-4,7,10-12H2,1-2H3,(H,24,27). The largest absolute Gasteiger partial charge is 0.490 e. The summed E-state index contributed by atoms with van der Waals surface area (Å²) in [5, 5.41) is 3.32. The third kappa shape index (κ3) is 5.21. The van der Waals surface area contributed by atoms with Gasteiger partial charge >= 0.3 is 0 Å². The Morgan fingerprint density at radius 2 is 2.03 bits per heavy atom. The van der Waals surface area contributed by atoms with Crippen LogP contribution in [0.4, 0.5) is 0 Å². The van der Waals surface area contributed by atoms with Crippen molar-refractivity contribution in [3.8, 4) is 11.5 Å². The first-order chi connectivity index (χ1) is 14.1. The molecule has 0 bridgehead atoms. The second kappa shape index (κ2) is 10.2. The van der Waals surface area contributed by atoms with E-state index in [4.69, 9.17) is 21.1 Å². The monoisotopic (exact) mass is 415 g/mol. The van der Waals surface area contributed by atoms with Gasteiger partial charge in [-0.05, 0) is 44.0 Å². The van der Waals surface area contributed by atoms with Gasteiger partial charge in [0, 0.05) is 18.7 Å². The zero-order valence-electron chi connectivity index (χ0n) is 16.8. The summed E-state index contributed by atoms with van der Waals surface area (Å²) in [5.74, 6) is 0.785. The van der Waals surface area contributed by atoms with Gasteiger partial charge in [-0.1, -0.05) is 30.7 Å². The number of imidazole rings is 1. The van der Waals surface area contributed by atoms with E-state index in [1.165, 1.54) is 0 Å². The molecular formula is C22H26ClN3O3. The molecule has 7 heteroatoms. The lowest BCUT2D eigenvalue weighted by atomic mass is 10.2. The molecule has 0 aliphatic heterocycles. The van der Waals surface area contributed by atoms with Crippen LogP contribution in [0.5, 0.6) is 11.5 Å². The molecule has 2 aromatic carbocycles. The summed E-state index contributed by atoms with van der Waals surface area (Å²) in [6.07, 6.45) is 3.47. The van der Waals surface area contributed by atoms with E-state index in [0.29, 0.717) is 41.8 Å². The Morgan fingerprint density at radius 1 is 1.21 bits per heavy atom. The van der Waals surface area contributed by atoms with Crippen LogP contribution in [0.1, 0.15) is 37.0 Å². The Hall–Kier alpha value is -2.73. The number of rotatable bonds is 10. The van der Waals surface area contributed by atoms with Gasteiger partial charge < -0.3 is 19.4 Å². The predicted octanol–water partition coefficient (Wildman–Crippen LogP) is 4.70. The number of nitrogens with one attached hydrogen (secondary N) is 1. The van der Waals surface area contributed by atoms with Crippen LogP contribution in [-0.2, 0) is 6.54 Å². The summed E-state index contributed by atoms with van der Waals surface area (Å²) in [6.45, 7) is 6.21. The van der Waals surface area contributed by atoms with Gasteiger partial charge in [-0.25, -0.2) is 4.98 Å². The first-order valence-electron chi connectivity index (χ1n) is 9.91. The minimum atomic E-state index is -0.189. The molecule has 0 fully saturated rings. The van der Waals surface area contributed by atoms with Crippen LogP contribution < -0.4 is 14.8 Å². The molecule has 0 saturated heterocycles. The van der Waals surface area contributed by atoms with Crippen molar-refractivity contribution in [2.45, 2.75) is 33.2 Å². The van der Waals surface area contributed by atoms with Crippen molar-refractivity contribution in [2.24, 2.45) is 0 Å². The summed E-state index contributed by atoms with van der Waals surface area (Å²) in [7, 11) is 0. The van der Waals surface area contributed by atoms with E-state index in [2.05, 4.69) is 14.9 Å². The molecule has 0 aliphatic carbocycles. The molecule has 1 heterocycles. The van der Waals surface area contributed by atoms with Crippen LogP contribution in [0.2, 0.25) is 5.02 Å². The fraction of sp³-hybridized carbons (Fsp3) is 0.364. The maximum atomic E-state index is 12.6. The Bertz CT molecular complexity index is 971. The summed E-state index contributed by atoms with van der Waals surface area (Å²) in [4.78, 5) is 16.9. The molecule has 0 spiro atoms. The second-order valence-corrected chi connectivity index (χ2v) is 7.01. The highest BCUT2D eigenvalue weighted by Gasteiger charge is 2.16. The van der Waals surface area contributed by atoms with Crippen molar-refractivity contribution in [3.63, 3.8) is 0 Å². The number of carbonyl (C=O) groups is 1. The van der Waals surface area contributed by atoms with Crippen LogP contribution in [0.3, 0.4) is 0 Å². The molecule has 1 N–H and O–H groups in total. The fourth-order valence-electron chi connectivity index (χ4n) is 3.05. The van der Waals surface area contributed by atoms with E-state index in [1.54, 1.807) is 12.1 Å². The topological polar surface area (TPSA) is 65.4 Å². The average molecular weight is 416 g/mol. The van der Waals surface area contributed by atoms with Gasteiger partial charge in [0.2, 0.25) is 0 Å². The van der Waals surface area contributed by atoms with Gasteiger partial charge in [-0.2, -0.15) is 0 Å². The molecule has 1 amide bonds. The van der Waals surface area contributed by atoms with Crippen molar-refractivity contribution in [3.05, 3.63) is 53.3 Å². The second-order valence-electron chi connectivity index (χ2n) is 6.60. The number of benzene rings is 2. The first kappa shape index (κ1) is 21.0. The fourth-order valence-corrected chi connectivity index (χ4v) is 3.31. The molecule has 29 heavy (non-hydrogen) atoms. The smallest absolute Gasteiger partial charge is 0.251 e. The van der Waals surface area contributed by atoms with E-state index in [0.717, 1.165) is 30.4 Å². The number of halogens is 1. The van der Waals surface area contributed by atoms with Crippen LogP contribution in [-0.4, -0.2) is 35.2 Å². The van der Waals surface area contributed by atoms with E-state index < -0.39 is 0 Å². The number of nitrogens with zero attached hydrogens (tertiary/aromatic N) is 2. The maximum absolute atomic E-state index is 12.6. The Kier molecular flexibility index (Phi) is 7.36. The first-order valence-corrected chi connectivity index (χ1v) is 10.3. The van der Waals surface area contributed by atoms with Crippen LogP contribution in [0, 0.1) is 0 Å². The number of hydrogen-bond acceptors (Lipinski definition) is 4. The molecule has 0 unspecified atom stereocenters. The lowest BCUT2D eigenvalue weighted by Crippen LogP contribution is -2.25. The van der Waals surface area contributed by atoms with Gasteiger partial charge in [0.1, 0.15) is 0 Å². The summed E-state index contributed by atoms with van der Waals surface area (Å²) in [6, 6.07) is 11.3. The summed E-state index contributed by atoms with van der Waals surface area (Å²) >= 11 is 6.34. The zero-order chi connectivity index (χ0) is 20.6. The highest BCUT2D eigenvalue weighted by molar-refractivity contribution is 6.32. The molecule has 3 rings (SSSR count). The minimum absolute atomic E-state index is 0.189. The number of para-hydroxylation sites is 2. The maximum Gasteiger partial charge on any atom is 0.251 e. The number of ether oxygens (including phenoxy) is 2. The van der Waals surface area contributed by atoms with Crippen LogP contribution >= 0.6 is 11.6 Å². The number of aryl methyl sites for hydroxylation is 1. The molecule has 0 atom stereocenters. The Balaban J connectivity index is 1.59. The molecule has 154 valence electrons. The number of hydrogen-bond donors (Lipinski definition) is 1. The van der Waals surface area contributed by atoms with Crippen molar-refractivity contribution < 1.29 is 14.3 Å². The molecule has 0 aliphatic rings. The van der Waals surface area contributed by atoms with E-state index in [1.807, 2.05) is 44.4 Å². The molecule has 0 radical (unpaired) electrons. The highest BCUT2D eigenvalue weighted by atomic mass is 35.5.